The molecule has 202 valence electrons. The minimum Gasteiger partial charge on any atom is -0.325 e. The average Bonchev–Trinajstić information content (AvgIpc) is 2.93. The van der Waals surface area contributed by atoms with Gasteiger partial charge in [-0.1, -0.05) is 17.7 Å². The molecule has 3 aromatic carbocycles. The quantitative estimate of drug-likeness (QED) is 0.266. The van der Waals surface area contributed by atoms with E-state index < -0.39 is 32.5 Å². The second-order valence-electron chi connectivity index (χ2n) is 8.27. The standard InChI is InChI=1S/C26H25N5O5S3/c1-19-4-8-21(9-5-19)31(39(35,36)24-14-10-22(37-2)11-15-24)18-25(32)29-20-6-12-23(13-7-20)38(33,34)30-26-27-16-3-17-28-26/h3-17H,18H2,1-2H3,(H,29,32)(H,27,28,30). The number of amides is 1. The highest BCUT2D eigenvalue weighted by Gasteiger charge is 2.27. The van der Waals surface area contributed by atoms with Crippen LogP contribution in [0.4, 0.5) is 17.3 Å². The van der Waals surface area contributed by atoms with Gasteiger partial charge < -0.3 is 5.32 Å². The van der Waals surface area contributed by atoms with Gasteiger partial charge in [-0.25, -0.2) is 31.5 Å². The number of aromatic nitrogens is 2. The topological polar surface area (TPSA) is 138 Å². The van der Waals surface area contributed by atoms with Crippen LogP contribution >= 0.6 is 11.8 Å². The highest BCUT2D eigenvalue weighted by molar-refractivity contribution is 7.98. The molecule has 0 bridgehead atoms. The maximum absolute atomic E-state index is 13.6. The van der Waals surface area contributed by atoms with Crippen molar-refractivity contribution in [1.82, 2.24) is 9.97 Å². The molecule has 4 rings (SSSR count). The van der Waals surface area contributed by atoms with Crippen molar-refractivity contribution in [3.63, 3.8) is 0 Å². The molecule has 0 spiro atoms. The van der Waals surface area contributed by atoms with Gasteiger partial charge in [0.2, 0.25) is 11.9 Å². The van der Waals surface area contributed by atoms with Crippen molar-refractivity contribution >= 4 is 55.0 Å². The summed E-state index contributed by atoms with van der Waals surface area (Å²) in [5.74, 6) is -0.679. The van der Waals surface area contributed by atoms with E-state index in [1.165, 1.54) is 60.6 Å². The zero-order valence-electron chi connectivity index (χ0n) is 21.0. The number of carbonyl (C=O) groups excluding carboxylic acids is 1. The van der Waals surface area contributed by atoms with E-state index in [4.69, 9.17) is 0 Å². The number of benzene rings is 3. The molecule has 0 radical (unpaired) electrons. The fraction of sp³-hybridized carbons (Fsp3) is 0.115. The van der Waals surface area contributed by atoms with Crippen molar-refractivity contribution in [1.29, 1.82) is 0 Å². The smallest absolute Gasteiger partial charge is 0.264 e. The molecule has 4 aromatic rings. The zero-order valence-corrected chi connectivity index (χ0v) is 23.4. The second-order valence-corrected chi connectivity index (χ2v) is 12.7. The minimum atomic E-state index is -4.07. The van der Waals surface area contributed by atoms with Gasteiger partial charge in [0.1, 0.15) is 6.54 Å². The summed E-state index contributed by atoms with van der Waals surface area (Å²) in [5, 5.41) is 2.64. The van der Waals surface area contributed by atoms with E-state index in [9.17, 15) is 21.6 Å². The number of hydrogen-bond acceptors (Lipinski definition) is 8. The number of aryl methyl sites for hydroxylation is 1. The number of thioether (sulfide) groups is 1. The molecule has 1 amide bonds. The normalized spacial score (nSPS) is 11.5. The summed E-state index contributed by atoms with van der Waals surface area (Å²) in [6.07, 6.45) is 4.70. The summed E-state index contributed by atoms with van der Waals surface area (Å²) in [4.78, 5) is 21.6. The first-order chi connectivity index (χ1) is 18.6. The lowest BCUT2D eigenvalue weighted by Crippen LogP contribution is -2.38. The van der Waals surface area contributed by atoms with Gasteiger partial charge in [0.15, 0.2) is 0 Å². The summed E-state index contributed by atoms with van der Waals surface area (Å²) >= 11 is 1.49. The molecule has 39 heavy (non-hydrogen) atoms. The first kappa shape index (κ1) is 28.1. The first-order valence-corrected chi connectivity index (χ1v) is 15.7. The highest BCUT2D eigenvalue weighted by Crippen LogP contribution is 2.26. The van der Waals surface area contributed by atoms with Crippen LogP contribution in [0.3, 0.4) is 0 Å². The average molecular weight is 584 g/mol. The van der Waals surface area contributed by atoms with Crippen LogP contribution in [0, 0.1) is 6.92 Å². The molecular formula is C26H25N5O5S3. The van der Waals surface area contributed by atoms with Crippen molar-refractivity contribution in [3.8, 4) is 0 Å². The molecule has 0 saturated heterocycles. The van der Waals surface area contributed by atoms with Crippen LogP contribution in [-0.2, 0) is 24.8 Å². The van der Waals surface area contributed by atoms with Crippen molar-refractivity contribution in [2.24, 2.45) is 0 Å². The maximum atomic E-state index is 13.6. The van der Waals surface area contributed by atoms with E-state index >= 15 is 0 Å². The van der Waals surface area contributed by atoms with Gasteiger partial charge in [0.25, 0.3) is 20.0 Å². The Labute approximate surface area is 231 Å². The van der Waals surface area contributed by atoms with E-state index in [1.807, 2.05) is 13.2 Å². The largest absolute Gasteiger partial charge is 0.325 e. The Balaban J connectivity index is 1.53. The fourth-order valence-electron chi connectivity index (χ4n) is 3.48. The molecule has 0 aliphatic carbocycles. The maximum Gasteiger partial charge on any atom is 0.264 e. The molecule has 13 heteroatoms. The van der Waals surface area contributed by atoms with Gasteiger partial charge in [0, 0.05) is 23.0 Å². The lowest BCUT2D eigenvalue weighted by atomic mass is 10.2. The van der Waals surface area contributed by atoms with E-state index in [1.54, 1.807) is 42.5 Å². The van der Waals surface area contributed by atoms with Crippen molar-refractivity contribution in [2.75, 3.05) is 27.1 Å². The molecule has 2 N–H and O–H groups in total. The van der Waals surface area contributed by atoms with Crippen LogP contribution in [0.5, 0.6) is 0 Å². The summed E-state index contributed by atoms with van der Waals surface area (Å²) < 4.78 is 55.6. The van der Waals surface area contributed by atoms with E-state index in [0.717, 1.165) is 14.8 Å². The summed E-state index contributed by atoms with van der Waals surface area (Å²) in [6, 6.07) is 20.2. The van der Waals surface area contributed by atoms with E-state index in [0.29, 0.717) is 11.4 Å². The second kappa shape index (κ2) is 11.8. The lowest BCUT2D eigenvalue weighted by Gasteiger charge is -2.24. The Kier molecular flexibility index (Phi) is 8.53. The van der Waals surface area contributed by atoms with Gasteiger partial charge in [-0.15, -0.1) is 11.8 Å². The molecule has 0 fully saturated rings. The summed E-state index contributed by atoms with van der Waals surface area (Å²) in [6.45, 7) is 1.38. The fourth-order valence-corrected chi connectivity index (χ4v) is 6.27. The number of anilines is 3. The van der Waals surface area contributed by atoms with Crippen molar-refractivity contribution < 1.29 is 21.6 Å². The minimum absolute atomic E-state index is 0.0538. The first-order valence-electron chi connectivity index (χ1n) is 11.5. The third-order valence-corrected chi connectivity index (χ3v) is 9.37. The molecular weight excluding hydrogens is 559 g/mol. The Bertz CT molecular complexity index is 1650. The molecule has 0 aliphatic rings. The molecule has 0 aliphatic heterocycles. The highest BCUT2D eigenvalue weighted by atomic mass is 32.2. The van der Waals surface area contributed by atoms with Crippen molar-refractivity contribution in [3.05, 3.63) is 96.8 Å². The van der Waals surface area contributed by atoms with Crippen LogP contribution < -0.4 is 14.3 Å². The Morgan fingerprint density at radius 1 is 0.846 bits per heavy atom. The van der Waals surface area contributed by atoms with E-state index in [2.05, 4.69) is 20.0 Å². The van der Waals surface area contributed by atoms with E-state index in [-0.39, 0.29) is 15.7 Å². The number of sulfonamides is 2. The predicted octanol–water partition coefficient (Wildman–Crippen LogP) is 4.14. The van der Waals surface area contributed by atoms with Crippen LogP contribution in [0.15, 0.2) is 106 Å². The Morgan fingerprint density at radius 2 is 1.44 bits per heavy atom. The third-order valence-electron chi connectivity index (χ3n) is 5.50. The zero-order chi connectivity index (χ0) is 28.0. The SMILES string of the molecule is CSc1ccc(S(=O)(=O)N(CC(=O)Nc2ccc(S(=O)(=O)Nc3ncccn3)cc2)c2ccc(C)cc2)cc1. The van der Waals surface area contributed by atoms with Gasteiger partial charge in [-0.2, -0.15) is 0 Å². The number of hydrogen-bond donors (Lipinski definition) is 2. The molecule has 1 heterocycles. The monoisotopic (exact) mass is 583 g/mol. The molecule has 0 unspecified atom stereocenters. The Hall–Kier alpha value is -3.94. The number of nitrogens with zero attached hydrogens (tertiary/aromatic N) is 3. The third kappa shape index (κ3) is 6.93. The lowest BCUT2D eigenvalue weighted by molar-refractivity contribution is -0.114. The van der Waals surface area contributed by atoms with Crippen LogP contribution in [-0.4, -0.2) is 45.5 Å². The van der Waals surface area contributed by atoms with Gasteiger partial charge in [0.05, 0.1) is 15.5 Å². The van der Waals surface area contributed by atoms with Gasteiger partial charge >= 0.3 is 0 Å². The van der Waals surface area contributed by atoms with Crippen LogP contribution in [0.2, 0.25) is 0 Å². The number of rotatable bonds is 10. The Morgan fingerprint density at radius 3 is 2.03 bits per heavy atom. The van der Waals surface area contributed by atoms with Crippen molar-refractivity contribution in [2.45, 2.75) is 21.6 Å². The number of nitrogens with one attached hydrogen (secondary N) is 2. The summed E-state index contributed by atoms with van der Waals surface area (Å²) in [7, 11) is -8.02. The molecule has 0 saturated carbocycles. The van der Waals surface area contributed by atoms with Crippen LogP contribution in [0.25, 0.3) is 0 Å². The molecule has 0 atom stereocenters. The predicted molar refractivity (Wildman–Crippen MR) is 152 cm³/mol. The van der Waals surface area contributed by atoms with Gasteiger partial charge in [-0.05, 0) is 79.9 Å². The van der Waals surface area contributed by atoms with Gasteiger partial charge in [-0.3, -0.25) is 9.10 Å². The summed E-state index contributed by atoms with van der Waals surface area (Å²) in [5.41, 5.74) is 1.56. The number of carbonyl (C=O) groups is 1. The molecule has 10 nitrogen and oxygen atoms in total. The van der Waals surface area contributed by atoms with Crippen LogP contribution in [0.1, 0.15) is 5.56 Å². The molecule has 1 aromatic heterocycles.